The maximum Gasteiger partial charge on any atom is 0.339 e. The fourth-order valence-electron chi connectivity index (χ4n) is 3.04. The van der Waals surface area contributed by atoms with Crippen LogP contribution in [-0.4, -0.2) is 50.3 Å². The summed E-state index contributed by atoms with van der Waals surface area (Å²) in [5.74, 6) is -1.22. The normalized spacial score (nSPS) is 11.5. The number of aromatic nitrogens is 1. The van der Waals surface area contributed by atoms with Crippen molar-refractivity contribution >= 4 is 38.5 Å². The SMILES string of the molecule is Cc1cc(C(=O)OCC(=O)Nc2ccc(C)c(S(=O)(=O)N(C)C)c2)c2ccccc2n1. The third kappa shape index (κ3) is 4.89. The highest BCUT2D eigenvalue weighted by molar-refractivity contribution is 7.89. The first kappa shape index (κ1) is 22.4. The number of hydrogen-bond donors (Lipinski definition) is 1. The first-order valence-electron chi connectivity index (χ1n) is 9.46. The van der Waals surface area contributed by atoms with Crippen LogP contribution < -0.4 is 5.32 Å². The summed E-state index contributed by atoms with van der Waals surface area (Å²) in [6, 6.07) is 13.3. The Balaban J connectivity index is 1.72. The topological polar surface area (TPSA) is 106 Å². The summed E-state index contributed by atoms with van der Waals surface area (Å²) >= 11 is 0. The lowest BCUT2D eigenvalue weighted by molar-refractivity contribution is -0.119. The summed E-state index contributed by atoms with van der Waals surface area (Å²) in [7, 11) is -0.793. The van der Waals surface area contributed by atoms with E-state index in [-0.39, 0.29) is 10.6 Å². The zero-order chi connectivity index (χ0) is 22.8. The quantitative estimate of drug-likeness (QED) is 0.590. The second kappa shape index (κ2) is 8.83. The minimum atomic E-state index is -3.66. The van der Waals surface area contributed by atoms with Gasteiger partial charge in [-0.25, -0.2) is 17.5 Å². The van der Waals surface area contributed by atoms with Gasteiger partial charge in [-0.2, -0.15) is 0 Å². The Labute approximate surface area is 180 Å². The summed E-state index contributed by atoms with van der Waals surface area (Å²) in [5, 5.41) is 3.20. The number of nitrogens with zero attached hydrogens (tertiary/aromatic N) is 2. The second-order valence-electron chi connectivity index (χ2n) is 7.22. The summed E-state index contributed by atoms with van der Waals surface area (Å²) in [5.41, 5.74) is 2.48. The van der Waals surface area contributed by atoms with Crippen molar-refractivity contribution < 1.29 is 22.7 Å². The number of nitrogens with one attached hydrogen (secondary N) is 1. The number of aryl methyl sites for hydroxylation is 2. The minimum absolute atomic E-state index is 0.0889. The molecule has 31 heavy (non-hydrogen) atoms. The molecule has 0 saturated carbocycles. The number of amides is 1. The molecule has 0 aliphatic rings. The fourth-order valence-corrected chi connectivity index (χ4v) is 4.18. The molecule has 0 atom stereocenters. The van der Waals surface area contributed by atoms with Gasteiger partial charge >= 0.3 is 5.97 Å². The van der Waals surface area contributed by atoms with Crippen LogP contribution in [0.2, 0.25) is 0 Å². The zero-order valence-electron chi connectivity index (χ0n) is 17.7. The summed E-state index contributed by atoms with van der Waals surface area (Å²) < 4.78 is 31.2. The van der Waals surface area contributed by atoms with Gasteiger partial charge in [0.25, 0.3) is 5.91 Å². The maximum atomic E-state index is 12.6. The van der Waals surface area contributed by atoms with Crippen LogP contribution in [0.4, 0.5) is 5.69 Å². The van der Waals surface area contributed by atoms with Gasteiger partial charge in [-0.1, -0.05) is 24.3 Å². The van der Waals surface area contributed by atoms with Gasteiger partial charge in [0.2, 0.25) is 10.0 Å². The molecule has 0 aliphatic carbocycles. The van der Waals surface area contributed by atoms with Crippen molar-refractivity contribution in [1.29, 1.82) is 0 Å². The van der Waals surface area contributed by atoms with E-state index in [0.29, 0.717) is 27.7 Å². The van der Waals surface area contributed by atoms with Crippen LogP contribution in [0.3, 0.4) is 0 Å². The highest BCUT2D eigenvalue weighted by atomic mass is 32.2. The summed E-state index contributed by atoms with van der Waals surface area (Å²) in [6.07, 6.45) is 0. The molecule has 0 fully saturated rings. The number of ether oxygens (including phenoxy) is 1. The van der Waals surface area contributed by atoms with E-state index in [1.807, 2.05) is 6.07 Å². The van der Waals surface area contributed by atoms with Crippen molar-refractivity contribution in [2.24, 2.45) is 0 Å². The van der Waals surface area contributed by atoms with Crippen molar-refractivity contribution in [3.63, 3.8) is 0 Å². The van der Waals surface area contributed by atoms with E-state index in [1.165, 1.54) is 20.2 Å². The van der Waals surface area contributed by atoms with Gasteiger partial charge in [0, 0.05) is 30.9 Å². The molecule has 1 N–H and O–H groups in total. The molecule has 1 heterocycles. The Hall–Kier alpha value is -3.30. The number of esters is 1. The van der Waals surface area contributed by atoms with Crippen molar-refractivity contribution in [2.45, 2.75) is 18.7 Å². The molecule has 0 aliphatic heterocycles. The van der Waals surface area contributed by atoms with E-state index in [0.717, 1.165) is 4.31 Å². The molecular formula is C22H23N3O5S. The molecule has 9 heteroatoms. The number of pyridine rings is 1. The van der Waals surface area contributed by atoms with Gasteiger partial charge in [0.05, 0.1) is 16.0 Å². The number of carbonyl (C=O) groups is 2. The highest BCUT2D eigenvalue weighted by Gasteiger charge is 2.21. The molecule has 2 aromatic carbocycles. The number of hydrogen-bond acceptors (Lipinski definition) is 6. The van der Waals surface area contributed by atoms with Gasteiger partial charge in [0.15, 0.2) is 6.61 Å². The van der Waals surface area contributed by atoms with Crippen LogP contribution in [-0.2, 0) is 19.6 Å². The Morgan fingerprint density at radius 1 is 1.06 bits per heavy atom. The Bertz CT molecular complexity index is 1270. The third-order valence-corrected chi connectivity index (χ3v) is 6.59. The van der Waals surface area contributed by atoms with E-state index >= 15 is 0 Å². The number of carbonyl (C=O) groups excluding carboxylic acids is 2. The Kier molecular flexibility index (Phi) is 6.37. The molecule has 0 radical (unpaired) electrons. The fraction of sp³-hybridized carbons (Fsp3) is 0.227. The molecule has 3 rings (SSSR count). The van der Waals surface area contributed by atoms with Crippen LogP contribution >= 0.6 is 0 Å². The lowest BCUT2D eigenvalue weighted by Crippen LogP contribution is -2.24. The standard InChI is InChI=1S/C22H23N3O5S/c1-14-9-10-16(12-20(14)31(28,29)25(3)4)24-21(26)13-30-22(27)18-11-15(2)23-19-8-6-5-7-17(18)19/h5-12H,13H2,1-4H3,(H,24,26). The number of para-hydroxylation sites is 1. The van der Waals surface area contributed by atoms with Gasteiger partial charge in [-0.3, -0.25) is 9.78 Å². The van der Waals surface area contributed by atoms with Crippen molar-refractivity contribution in [1.82, 2.24) is 9.29 Å². The monoisotopic (exact) mass is 441 g/mol. The molecule has 1 amide bonds. The first-order valence-corrected chi connectivity index (χ1v) is 10.9. The molecule has 3 aromatic rings. The largest absolute Gasteiger partial charge is 0.452 e. The number of fused-ring (bicyclic) bond motifs is 1. The Morgan fingerprint density at radius 2 is 1.77 bits per heavy atom. The van der Waals surface area contributed by atoms with Crippen LogP contribution in [0.25, 0.3) is 10.9 Å². The minimum Gasteiger partial charge on any atom is -0.452 e. The van der Waals surface area contributed by atoms with E-state index in [9.17, 15) is 18.0 Å². The lowest BCUT2D eigenvalue weighted by atomic mass is 10.1. The van der Waals surface area contributed by atoms with Gasteiger partial charge in [-0.05, 0) is 43.7 Å². The highest BCUT2D eigenvalue weighted by Crippen LogP contribution is 2.23. The number of benzene rings is 2. The van der Waals surface area contributed by atoms with Gasteiger partial charge in [0.1, 0.15) is 0 Å². The molecule has 0 unspecified atom stereocenters. The third-order valence-electron chi connectivity index (χ3n) is 4.63. The molecule has 0 bridgehead atoms. The molecule has 0 spiro atoms. The smallest absolute Gasteiger partial charge is 0.339 e. The van der Waals surface area contributed by atoms with Crippen molar-refractivity contribution in [2.75, 3.05) is 26.0 Å². The van der Waals surface area contributed by atoms with Crippen molar-refractivity contribution in [3.05, 3.63) is 65.4 Å². The van der Waals surface area contributed by atoms with E-state index in [4.69, 9.17) is 4.74 Å². The van der Waals surface area contributed by atoms with Crippen molar-refractivity contribution in [3.8, 4) is 0 Å². The molecule has 162 valence electrons. The Morgan fingerprint density at radius 3 is 2.48 bits per heavy atom. The molecule has 0 saturated heterocycles. The van der Waals surface area contributed by atoms with Crippen LogP contribution in [0.15, 0.2) is 53.4 Å². The van der Waals surface area contributed by atoms with Crippen LogP contribution in [0, 0.1) is 13.8 Å². The van der Waals surface area contributed by atoms with E-state index in [1.54, 1.807) is 50.2 Å². The molecular weight excluding hydrogens is 418 g/mol. The average Bonchev–Trinajstić information content (AvgIpc) is 2.72. The predicted molar refractivity (Wildman–Crippen MR) is 117 cm³/mol. The lowest BCUT2D eigenvalue weighted by Gasteiger charge is -2.15. The van der Waals surface area contributed by atoms with E-state index in [2.05, 4.69) is 10.3 Å². The number of anilines is 1. The summed E-state index contributed by atoms with van der Waals surface area (Å²) in [6.45, 7) is 2.93. The maximum absolute atomic E-state index is 12.6. The predicted octanol–water partition coefficient (Wildman–Crippen LogP) is 2.90. The number of sulfonamides is 1. The van der Waals surface area contributed by atoms with E-state index < -0.39 is 28.5 Å². The summed E-state index contributed by atoms with van der Waals surface area (Å²) in [4.78, 5) is 29.3. The van der Waals surface area contributed by atoms with Crippen LogP contribution in [0.1, 0.15) is 21.6 Å². The molecule has 8 nitrogen and oxygen atoms in total. The molecule has 1 aromatic heterocycles. The van der Waals surface area contributed by atoms with Gasteiger partial charge in [-0.15, -0.1) is 0 Å². The van der Waals surface area contributed by atoms with Gasteiger partial charge < -0.3 is 10.1 Å². The second-order valence-corrected chi connectivity index (χ2v) is 9.34. The number of rotatable bonds is 6. The van der Waals surface area contributed by atoms with Crippen LogP contribution in [0.5, 0.6) is 0 Å². The zero-order valence-corrected chi connectivity index (χ0v) is 18.5. The first-order chi connectivity index (χ1) is 14.6. The average molecular weight is 442 g/mol.